The molecule has 0 saturated heterocycles. The number of pyridine rings is 1. The number of Topliss-reactive ketones (excluding diaryl/α,β-unsaturated/α-hetero) is 1. The van der Waals surface area contributed by atoms with Crippen LogP contribution < -0.4 is 15.4 Å². The first-order chi connectivity index (χ1) is 16.8. The predicted octanol–water partition coefficient (Wildman–Crippen LogP) is 2.06. The molecule has 0 saturated carbocycles. The van der Waals surface area contributed by atoms with Gasteiger partial charge in [0.05, 0.1) is 0 Å². The van der Waals surface area contributed by atoms with E-state index < -0.39 is 46.9 Å². The fourth-order valence-electron chi connectivity index (χ4n) is 3.17. The van der Waals surface area contributed by atoms with Crippen LogP contribution in [0.5, 0.6) is 0 Å². The minimum Gasteiger partial charge on any atom is -0.372 e. The Balaban J connectivity index is 2.01. The standard InChI is InChI=1S/C20H25F3N8O4S/c1-4-31(3)19-27-14-15(17(32)12(36(24,33)34)6-8-35-10-20(21,22)23)29-30-16(14)18(28-19)26-13-9-11(2)5-7-25-13/h5,7,9,12H,4,6,8,10H2,1-3H3,(H,29,30)(H2,24,33,34)(H,25,26,27,28). The zero-order chi connectivity index (χ0) is 26.7. The highest BCUT2D eigenvalue weighted by atomic mass is 32.2. The number of ether oxygens (including phenoxy) is 1. The van der Waals surface area contributed by atoms with Crippen LogP contribution in [0.3, 0.4) is 0 Å². The number of aromatic nitrogens is 5. The molecule has 0 aliphatic carbocycles. The van der Waals surface area contributed by atoms with Crippen molar-refractivity contribution in [2.24, 2.45) is 5.14 Å². The SMILES string of the molecule is CCN(C)c1nc(Nc2cc(C)ccn2)c2n[nH]c(C(=O)C(CCOCC(F)(F)F)S(N)(=O)=O)c2n1. The number of alkyl halides is 3. The largest absolute Gasteiger partial charge is 0.411 e. The van der Waals surface area contributed by atoms with Crippen molar-refractivity contribution in [1.29, 1.82) is 0 Å². The molecule has 12 nitrogen and oxygen atoms in total. The summed E-state index contributed by atoms with van der Waals surface area (Å²) in [5, 5.41) is 12.9. The van der Waals surface area contributed by atoms with Crippen molar-refractivity contribution < 1.29 is 31.1 Å². The fraction of sp³-hybridized carbons (Fsp3) is 0.450. The molecule has 0 aromatic carbocycles. The number of ketones is 1. The number of hydrogen-bond donors (Lipinski definition) is 3. The van der Waals surface area contributed by atoms with Gasteiger partial charge in [-0.25, -0.2) is 23.5 Å². The van der Waals surface area contributed by atoms with E-state index in [1.165, 1.54) is 0 Å². The number of nitrogens with two attached hydrogens (primary N) is 1. The molecule has 4 N–H and O–H groups in total. The molecule has 0 aliphatic heterocycles. The third-order valence-corrected chi connectivity index (χ3v) is 6.33. The van der Waals surface area contributed by atoms with E-state index in [1.54, 1.807) is 30.3 Å². The molecule has 36 heavy (non-hydrogen) atoms. The Morgan fingerprint density at radius 1 is 1.31 bits per heavy atom. The number of halogens is 3. The maximum absolute atomic E-state index is 13.2. The number of rotatable bonds is 11. The monoisotopic (exact) mass is 530 g/mol. The van der Waals surface area contributed by atoms with Gasteiger partial charge in [0.15, 0.2) is 11.3 Å². The lowest BCUT2D eigenvalue weighted by molar-refractivity contribution is -0.173. The molecule has 3 aromatic heterocycles. The van der Waals surface area contributed by atoms with Crippen LogP contribution in [-0.2, 0) is 14.8 Å². The van der Waals surface area contributed by atoms with Crippen molar-refractivity contribution in [2.45, 2.75) is 31.7 Å². The number of H-pyrrole nitrogens is 1. The summed E-state index contributed by atoms with van der Waals surface area (Å²) in [6, 6.07) is 3.56. The lowest BCUT2D eigenvalue weighted by Gasteiger charge is -2.16. The van der Waals surface area contributed by atoms with E-state index in [4.69, 9.17) is 5.14 Å². The molecule has 1 unspecified atom stereocenters. The van der Waals surface area contributed by atoms with Crippen molar-refractivity contribution in [1.82, 2.24) is 25.1 Å². The molecule has 3 aromatic rings. The van der Waals surface area contributed by atoms with Gasteiger partial charge in [-0.2, -0.15) is 23.3 Å². The van der Waals surface area contributed by atoms with Gasteiger partial charge in [0.1, 0.15) is 28.9 Å². The molecule has 0 radical (unpaired) electrons. The smallest absolute Gasteiger partial charge is 0.372 e. The zero-order valence-corrected chi connectivity index (χ0v) is 20.4. The first-order valence-electron chi connectivity index (χ1n) is 10.7. The number of hydrogen-bond acceptors (Lipinski definition) is 10. The van der Waals surface area contributed by atoms with Crippen molar-refractivity contribution in [2.75, 3.05) is 37.0 Å². The average molecular weight is 531 g/mol. The quantitative estimate of drug-likeness (QED) is 0.246. The molecule has 1 atom stereocenters. The van der Waals surface area contributed by atoms with Gasteiger partial charge in [0.25, 0.3) is 0 Å². The highest BCUT2D eigenvalue weighted by Gasteiger charge is 2.34. The molecule has 0 amide bonds. The number of aryl methyl sites for hydroxylation is 1. The van der Waals surface area contributed by atoms with Crippen LogP contribution in [0.2, 0.25) is 0 Å². The second kappa shape index (κ2) is 10.7. The summed E-state index contributed by atoms with van der Waals surface area (Å²) in [6.45, 7) is 1.97. The molecule has 0 aliphatic rings. The van der Waals surface area contributed by atoms with Gasteiger partial charge in [-0.1, -0.05) is 0 Å². The second-order valence-corrected chi connectivity index (χ2v) is 9.67. The molecule has 3 rings (SSSR count). The van der Waals surface area contributed by atoms with E-state index in [-0.39, 0.29) is 28.5 Å². The molecular weight excluding hydrogens is 505 g/mol. The van der Waals surface area contributed by atoms with E-state index in [0.29, 0.717) is 12.4 Å². The molecule has 0 spiro atoms. The van der Waals surface area contributed by atoms with Crippen LogP contribution in [0.1, 0.15) is 29.4 Å². The van der Waals surface area contributed by atoms with Crippen molar-refractivity contribution in [3.63, 3.8) is 0 Å². The summed E-state index contributed by atoms with van der Waals surface area (Å²) in [5.41, 5.74) is 0.764. The number of nitrogens with zero attached hydrogens (tertiary/aromatic N) is 5. The summed E-state index contributed by atoms with van der Waals surface area (Å²) in [4.78, 5) is 27.9. The molecule has 16 heteroatoms. The maximum Gasteiger partial charge on any atom is 0.411 e. The zero-order valence-electron chi connectivity index (χ0n) is 19.6. The van der Waals surface area contributed by atoms with E-state index in [2.05, 4.69) is 35.2 Å². The van der Waals surface area contributed by atoms with Crippen LogP contribution in [-0.4, -0.2) is 77.6 Å². The predicted molar refractivity (Wildman–Crippen MR) is 126 cm³/mol. The lowest BCUT2D eigenvalue weighted by atomic mass is 10.1. The Hall–Kier alpha value is -3.37. The van der Waals surface area contributed by atoms with Gasteiger partial charge < -0.3 is 15.0 Å². The normalized spacial score (nSPS) is 13.1. The summed E-state index contributed by atoms with van der Waals surface area (Å²) in [6.07, 6.45) is -3.61. The van der Waals surface area contributed by atoms with Gasteiger partial charge >= 0.3 is 6.18 Å². The van der Waals surface area contributed by atoms with Crippen LogP contribution >= 0.6 is 0 Å². The van der Waals surface area contributed by atoms with Gasteiger partial charge in [0.2, 0.25) is 21.8 Å². The van der Waals surface area contributed by atoms with Crippen LogP contribution in [0.4, 0.5) is 30.8 Å². The van der Waals surface area contributed by atoms with Gasteiger partial charge in [0, 0.05) is 26.4 Å². The van der Waals surface area contributed by atoms with E-state index in [9.17, 15) is 26.4 Å². The number of nitrogens with one attached hydrogen (secondary N) is 2. The lowest BCUT2D eigenvalue weighted by Crippen LogP contribution is -2.37. The highest BCUT2D eigenvalue weighted by molar-refractivity contribution is 7.90. The minimum atomic E-state index is -4.60. The summed E-state index contributed by atoms with van der Waals surface area (Å²) >= 11 is 0. The van der Waals surface area contributed by atoms with Crippen molar-refractivity contribution in [3.05, 3.63) is 29.6 Å². The topological polar surface area (TPSA) is 169 Å². The van der Waals surface area contributed by atoms with Crippen LogP contribution in [0.25, 0.3) is 11.0 Å². The van der Waals surface area contributed by atoms with E-state index >= 15 is 0 Å². The van der Waals surface area contributed by atoms with Gasteiger partial charge in [-0.15, -0.1) is 0 Å². The van der Waals surface area contributed by atoms with Gasteiger partial charge in [-0.05, 0) is 38.0 Å². The minimum absolute atomic E-state index is 0.00492. The highest BCUT2D eigenvalue weighted by Crippen LogP contribution is 2.28. The first kappa shape index (κ1) is 27.2. The number of primary sulfonamides is 1. The molecule has 196 valence electrons. The van der Waals surface area contributed by atoms with Gasteiger partial charge in [-0.3, -0.25) is 9.89 Å². The number of sulfonamides is 1. The first-order valence-corrected chi connectivity index (χ1v) is 12.3. The van der Waals surface area contributed by atoms with Crippen molar-refractivity contribution in [3.8, 4) is 0 Å². The molecule has 0 fully saturated rings. The summed E-state index contributed by atoms with van der Waals surface area (Å²) in [7, 11) is -2.80. The Morgan fingerprint density at radius 3 is 2.64 bits per heavy atom. The number of fused-ring (bicyclic) bond motifs is 1. The third kappa shape index (κ3) is 6.64. The number of anilines is 3. The average Bonchev–Trinajstić information content (AvgIpc) is 3.21. The maximum atomic E-state index is 13.2. The molecule has 0 bridgehead atoms. The Labute approximate surface area is 204 Å². The Kier molecular flexibility index (Phi) is 8.10. The Bertz CT molecular complexity index is 1350. The van der Waals surface area contributed by atoms with Crippen LogP contribution in [0, 0.1) is 6.92 Å². The fourth-order valence-corrected chi connectivity index (χ4v) is 4.01. The Morgan fingerprint density at radius 2 is 2.03 bits per heavy atom. The number of aromatic amines is 1. The molecular formula is C20H25F3N8O4S. The summed E-state index contributed by atoms with van der Waals surface area (Å²) < 4.78 is 65.8. The van der Waals surface area contributed by atoms with Crippen molar-refractivity contribution >= 4 is 44.4 Å². The molecule has 3 heterocycles. The van der Waals surface area contributed by atoms with Crippen LogP contribution in [0.15, 0.2) is 18.3 Å². The third-order valence-electron chi connectivity index (χ3n) is 5.09. The summed E-state index contributed by atoms with van der Waals surface area (Å²) in [5.74, 6) is -0.167. The number of carbonyl (C=O) groups is 1. The number of carbonyl (C=O) groups excluding carboxylic acids is 1. The van der Waals surface area contributed by atoms with E-state index in [1.807, 2.05) is 13.8 Å². The second-order valence-electron chi connectivity index (χ2n) is 7.92. The van der Waals surface area contributed by atoms with E-state index in [0.717, 1.165) is 5.56 Å².